The highest BCUT2D eigenvalue weighted by Gasteiger charge is 2.58. The van der Waals surface area contributed by atoms with E-state index in [1.165, 1.54) is 7.11 Å². The highest BCUT2D eigenvalue weighted by molar-refractivity contribution is 5.83. The molecule has 1 saturated carbocycles. The lowest BCUT2D eigenvalue weighted by Gasteiger charge is -2.04. The molecular formula is C7H10O3. The summed E-state index contributed by atoms with van der Waals surface area (Å²) in [7, 11) is 1.26. The molecule has 0 aliphatic heterocycles. The number of carbonyl (C=O) groups excluding carboxylic acids is 1. The molecule has 2 atom stereocenters. The first-order chi connectivity index (χ1) is 4.65. The molecule has 1 aliphatic rings. The van der Waals surface area contributed by atoms with E-state index in [1.807, 2.05) is 0 Å². The largest absolute Gasteiger partial charge is 0.467 e. The fraction of sp³-hybridized carbons (Fsp3) is 0.571. The monoisotopic (exact) mass is 142 g/mol. The Balaban J connectivity index is 2.58. The van der Waals surface area contributed by atoms with Gasteiger partial charge in [0.25, 0.3) is 0 Å². The van der Waals surface area contributed by atoms with Gasteiger partial charge in [0.1, 0.15) is 0 Å². The average molecular weight is 142 g/mol. The summed E-state index contributed by atoms with van der Waals surface area (Å²) in [5.41, 5.74) is -1.25. The second-order valence-corrected chi connectivity index (χ2v) is 2.46. The maximum atomic E-state index is 10.7. The van der Waals surface area contributed by atoms with Crippen molar-refractivity contribution in [3.8, 4) is 0 Å². The molecule has 0 spiro atoms. The number of hydrogen-bond donors (Lipinski definition) is 1. The topological polar surface area (TPSA) is 46.5 Å². The van der Waals surface area contributed by atoms with E-state index in [9.17, 15) is 9.90 Å². The van der Waals surface area contributed by atoms with Crippen LogP contribution in [0.4, 0.5) is 0 Å². The molecule has 0 aromatic rings. The van der Waals surface area contributed by atoms with E-state index in [2.05, 4.69) is 11.3 Å². The molecule has 0 amide bonds. The Kier molecular flexibility index (Phi) is 1.52. The van der Waals surface area contributed by atoms with Crippen molar-refractivity contribution in [3.63, 3.8) is 0 Å². The zero-order chi connectivity index (χ0) is 7.78. The van der Waals surface area contributed by atoms with Gasteiger partial charge in [-0.1, -0.05) is 6.08 Å². The highest BCUT2D eigenvalue weighted by atomic mass is 16.5. The summed E-state index contributed by atoms with van der Waals surface area (Å²) in [6.45, 7) is 3.47. The van der Waals surface area contributed by atoms with Crippen molar-refractivity contribution in [3.05, 3.63) is 12.7 Å². The molecule has 0 saturated heterocycles. The van der Waals surface area contributed by atoms with Crippen LogP contribution in [0.25, 0.3) is 0 Å². The molecule has 0 heterocycles. The Morgan fingerprint density at radius 2 is 2.60 bits per heavy atom. The third-order valence-electron chi connectivity index (χ3n) is 1.81. The van der Waals surface area contributed by atoms with Crippen LogP contribution in [0.2, 0.25) is 0 Å². The van der Waals surface area contributed by atoms with Crippen LogP contribution in [0.15, 0.2) is 12.7 Å². The summed E-state index contributed by atoms with van der Waals surface area (Å²) >= 11 is 0. The van der Waals surface area contributed by atoms with Crippen LogP contribution in [-0.4, -0.2) is 23.8 Å². The van der Waals surface area contributed by atoms with Gasteiger partial charge in [0, 0.05) is 5.92 Å². The minimum atomic E-state index is -1.25. The van der Waals surface area contributed by atoms with Gasteiger partial charge in [0.05, 0.1) is 7.11 Å². The maximum Gasteiger partial charge on any atom is 0.338 e. The van der Waals surface area contributed by atoms with Gasteiger partial charge >= 0.3 is 5.97 Å². The van der Waals surface area contributed by atoms with Gasteiger partial charge < -0.3 is 9.84 Å². The lowest BCUT2D eigenvalue weighted by molar-refractivity contribution is -0.153. The minimum Gasteiger partial charge on any atom is -0.467 e. The predicted molar refractivity (Wildman–Crippen MR) is 35.3 cm³/mol. The summed E-state index contributed by atoms with van der Waals surface area (Å²) in [6, 6.07) is 0. The fourth-order valence-corrected chi connectivity index (χ4v) is 0.966. The van der Waals surface area contributed by atoms with Crippen molar-refractivity contribution in [2.24, 2.45) is 5.92 Å². The van der Waals surface area contributed by atoms with Crippen LogP contribution >= 0.6 is 0 Å². The zero-order valence-electron chi connectivity index (χ0n) is 5.83. The van der Waals surface area contributed by atoms with E-state index in [0.29, 0.717) is 6.42 Å². The quantitative estimate of drug-likeness (QED) is 0.439. The van der Waals surface area contributed by atoms with E-state index >= 15 is 0 Å². The van der Waals surface area contributed by atoms with Crippen LogP contribution in [-0.2, 0) is 9.53 Å². The second kappa shape index (κ2) is 2.09. The van der Waals surface area contributed by atoms with Gasteiger partial charge in [-0.3, -0.25) is 0 Å². The second-order valence-electron chi connectivity index (χ2n) is 2.46. The molecule has 0 unspecified atom stereocenters. The van der Waals surface area contributed by atoms with Crippen LogP contribution in [0.5, 0.6) is 0 Å². The van der Waals surface area contributed by atoms with Crippen molar-refractivity contribution < 1.29 is 14.6 Å². The Morgan fingerprint density at radius 1 is 2.00 bits per heavy atom. The van der Waals surface area contributed by atoms with E-state index in [0.717, 1.165) is 0 Å². The minimum absolute atomic E-state index is 0.111. The lowest BCUT2D eigenvalue weighted by atomic mass is 10.2. The Morgan fingerprint density at radius 3 is 2.90 bits per heavy atom. The average Bonchev–Trinajstić information content (AvgIpc) is 2.61. The van der Waals surface area contributed by atoms with E-state index < -0.39 is 11.6 Å². The summed E-state index contributed by atoms with van der Waals surface area (Å²) in [4.78, 5) is 10.7. The number of aliphatic hydroxyl groups is 1. The van der Waals surface area contributed by atoms with Gasteiger partial charge in [0.15, 0.2) is 5.60 Å². The van der Waals surface area contributed by atoms with Crippen LogP contribution in [0, 0.1) is 5.92 Å². The molecule has 0 bridgehead atoms. The molecule has 10 heavy (non-hydrogen) atoms. The fourth-order valence-electron chi connectivity index (χ4n) is 0.966. The van der Waals surface area contributed by atoms with Crippen LogP contribution < -0.4 is 0 Å². The highest BCUT2D eigenvalue weighted by Crippen LogP contribution is 2.44. The van der Waals surface area contributed by atoms with Crippen LogP contribution in [0.1, 0.15) is 6.42 Å². The number of rotatable bonds is 2. The maximum absolute atomic E-state index is 10.7. The first kappa shape index (κ1) is 7.28. The van der Waals surface area contributed by atoms with Gasteiger partial charge in [-0.25, -0.2) is 4.79 Å². The van der Waals surface area contributed by atoms with Crippen molar-refractivity contribution in [1.29, 1.82) is 0 Å². The summed E-state index contributed by atoms with van der Waals surface area (Å²) in [5, 5.41) is 9.31. The summed E-state index contributed by atoms with van der Waals surface area (Å²) in [6.07, 6.45) is 2.01. The molecule has 1 fully saturated rings. The number of esters is 1. The third kappa shape index (κ3) is 0.827. The zero-order valence-corrected chi connectivity index (χ0v) is 5.83. The SMILES string of the molecule is C=C[C@@H]1C[C@]1(O)C(=O)OC. The first-order valence-electron chi connectivity index (χ1n) is 3.08. The molecule has 1 N–H and O–H groups in total. The van der Waals surface area contributed by atoms with Crippen LogP contribution in [0.3, 0.4) is 0 Å². The predicted octanol–water partition coefficient (Wildman–Crippen LogP) is 0.0964. The number of hydrogen-bond acceptors (Lipinski definition) is 3. The first-order valence-corrected chi connectivity index (χ1v) is 3.08. The van der Waals surface area contributed by atoms with Gasteiger partial charge in [-0.15, -0.1) is 6.58 Å². The molecule has 0 radical (unpaired) electrons. The molecule has 56 valence electrons. The van der Waals surface area contributed by atoms with Gasteiger partial charge in [-0.05, 0) is 6.42 Å². The van der Waals surface area contributed by atoms with Crippen molar-refractivity contribution in [2.45, 2.75) is 12.0 Å². The van der Waals surface area contributed by atoms with E-state index in [4.69, 9.17) is 0 Å². The Hall–Kier alpha value is -0.830. The molecule has 0 aromatic heterocycles. The Bertz CT molecular complexity index is 176. The molecule has 1 aliphatic carbocycles. The molecule has 3 nitrogen and oxygen atoms in total. The standard InChI is InChI=1S/C7H10O3/c1-3-5-4-7(5,9)6(8)10-2/h3,5,9H,1,4H2,2H3/t5-,7-/m1/s1. The third-order valence-corrected chi connectivity index (χ3v) is 1.81. The summed E-state index contributed by atoms with van der Waals surface area (Å²) in [5.74, 6) is -0.669. The normalized spacial score (nSPS) is 36.8. The number of ether oxygens (including phenoxy) is 1. The number of carbonyl (C=O) groups is 1. The van der Waals surface area contributed by atoms with Crippen molar-refractivity contribution in [2.75, 3.05) is 7.11 Å². The molecule has 3 heteroatoms. The molecule has 0 aromatic carbocycles. The van der Waals surface area contributed by atoms with E-state index in [1.54, 1.807) is 6.08 Å². The summed E-state index contributed by atoms with van der Waals surface area (Å²) < 4.78 is 4.37. The van der Waals surface area contributed by atoms with Gasteiger partial charge in [0.2, 0.25) is 0 Å². The molecule has 1 rings (SSSR count). The smallest absolute Gasteiger partial charge is 0.338 e. The van der Waals surface area contributed by atoms with Crippen molar-refractivity contribution in [1.82, 2.24) is 0 Å². The Labute approximate surface area is 59.3 Å². The lowest BCUT2D eigenvalue weighted by Crippen LogP contribution is -2.25. The molecular weight excluding hydrogens is 132 g/mol. The van der Waals surface area contributed by atoms with Gasteiger partial charge in [-0.2, -0.15) is 0 Å². The van der Waals surface area contributed by atoms with Crippen molar-refractivity contribution >= 4 is 5.97 Å². The van der Waals surface area contributed by atoms with E-state index in [-0.39, 0.29) is 5.92 Å². The number of methoxy groups -OCH3 is 1.